The minimum absolute atomic E-state index is 0.215. The van der Waals surface area contributed by atoms with Crippen molar-refractivity contribution in [2.45, 2.75) is 0 Å². The Kier molecular flexibility index (Phi) is 2.98. The molecule has 3 nitrogen and oxygen atoms in total. The molecule has 3 aromatic rings. The fraction of sp³-hybridized carbons (Fsp3) is 0. The first-order valence-corrected chi connectivity index (χ1v) is 6.16. The highest BCUT2D eigenvalue weighted by atomic mass is 16.5. The van der Waals surface area contributed by atoms with Crippen LogP contribution in [0.25, 0.3) is 10.8 Å². The van der Waals surface area contributed by atoms with E-state index in [1.807, 2.05) is 30.3 Å². The molecule has 0 fully saturated rings. The summed E-state index contributed by atoms with van der Waals surface area (Å²) < 4.78 is 5.74. The molecular formula is C17H11NO2. The van der Waals surface area contributed by atoms with E-state index < -0.39 is 0 Å². The van der Waals surface area contributed by atoms with Crippen molar-refractivity contribution in [3.63, 3.8) is 0 Å². The number of phenols is 1. The van der Waals surface area contributed by atoms with Crippen LogP contribution in [0.1, 0.15) is 5.56 Å². The van der Waals surface area contributed by atoms with Crippen LogP contribution in [-0.2, 0) is 0 Å². The lowest BCUT2D eigenvalue weighted by Crippen LogP contribution is -1.87. The van der Waals surface area contributed by atoms with Crippen LogP contribution in [0.4, 0.5) is 0 Å². The number of benzene rings is 3. The van der Waals surface area contributed by atoms with Gasteiger partial charge in [0.15, 0.2) is 0 Å². The van der Waals surface area contributed by atoms with Gasteiger partial charge in [-0.1, -0.05) is 24.3 Å². The van der Waals surface area contributed by atoms with Gasteiger partial charge in [0.25, 0.3) is 0 Å². The minimum atomic E-state index is 0.215. The summed E-state index contributed by atoms with van der Waals surface area (Å²) in [6.07, 6.45) is 0. The number of phenolic OH excluding ortho intramolecular Hbond substituents is 1. The summed E-state index contributed by atoms with van der Waals surface area (Å²) >= 11 is 0. The molecule has 0 unspecified atom stereocenters. The highest BCUT2D eigenvalue weighted by Crippen LogP contribution is 2.29. The lowest BCUT2D eigenvalue weighted by molar-refractivity contribution is 0.476. The summed E-state index contributed by atoms with van der Waals surface area (Å²) in [7, 11) is 0. The van der Waals surface area contributed by atoms with Gasteiger partial charge >= 0.3 is 0 Å². The van der Waals surface area contributed by atoms with E-state index in [1.54, 1.807) is 30.3 Å². The van der Waals surface area contributed by atoms with E-state index in [9.17, 15) is 5.11 Å². The Labute approximate surface area is 116 Å². The van der Waals surface area contributed by atoms with Gasteiger partial charge in [0.1, 0.15) is 23.3 Å². The van der Waals surface area contributed by atoms with Crippen LogP contribution in [0, 0.1) is 11.3 Å². The van der Waals surface area contributed by atoms with Crippen molar-refractivity contribution in [1.82, 2.24) is 0 Å². The maximum Gasteiger partial charge on any atom is 0.145 e. The molecule has 0 spiro atoms. The van der Waals surface area contributed by atoms with Crippen LogP contribution in [0.3, 0.4) is 0 Å². The fourth-order valence-corrected chi connectivity index (χ4v) is 2.05. The number of hydrogen-bond acceptors (Lipinski definition) is 3. The first-order valence-electron chi connectivity index (χ1n) is 6.16. The molecular weight excluding hydrogens is 250 g/mol. The molecule has 0 saturated heterocycles. The molecule has 0 heterocycles. The highest BCUT2D eigenvalue weighted by Gasteiger charge is 2.04. The van der Waals surface area contributed by atoms with E-state index in [4.69, 9.17) is 10.00 Å². The largest absolute Gasteiger partial charge is 0.508 e. The second-order valence-corrected chi connectivity index (χ2v) is 4.40. The molecule has 3 rings (SSSR count). The van der Waals surface area contributed by atoms with Crippen molar-refractivity contribution in [3.05, 3.63) is 66.2 Å². The normalized spacial score (nSPS) is 10.2. The zero-order valence-electron chi connectivity index (χ0n) is 10.6. The van der Waals surface area contributed by atoms with E-state index in [2.05, 4.69) is 6.07 Å². The van der Waals surface area contributed by atoms with E-state index >= 15 is 0 Å². The van der Waals surface area contributed by atoms with E-state index in [1.165, 1.54) is 0 Å². The van der Waals surface area contributed by atoms with Gasteiger partial charge in [-0.05, 0) is 47.2 Å². The van der Waals surface area contributed by atoms with Gasteiger partial charge in [-0.3, -0.25) is 0 Å². The maximum atomic E-state index is 9.51. The van der Waals surface area contributed by atoms with Crippen LogP contribution >= 0.6 is 0 Å². The lowest BCUT2D eigenvalue weighted by Gasteiger charge is -2.08. The SMILES string of the molecule is N#Cc1ccccc1Oc1ccc2ccc(O)cc2c1. The number of nitriles is 1. The van der Waals surface area contributed by atoms with Gasteiger partial charge in [-0.25, -0.2) is 0 Å². The molecule has 0 bridgehead atoms. The zero-order valence-corrected chi connectivity index (χ0v) is 10.6. The number of aromatic hydroxyl groups is 1. The monoisotopic (exact) mass is 261 g/mol. The number of nitrogens with zero attached hydrogens (tertiary/aromatic N) is 1. The molecule has 96 valence electrons. The third kappa shape index (κ3) is 2.27. The van der Waals surface area contributed by atoms with Gasteiger partial charge in [0.05, 0.1) is 5.56 Å². The Morgan fingerprint density at radius 3 is 2.55 bits per heavy atom. The van der Waals surface area contributed by atoms with Crippen LogP contribution in [-0.4, -0.2) is 5.11 Å². The van der Waals surface area contributed by atoms with Crippen molar-refractivity contribution in [2.24, 2.45) is 0 Å². The maximum absolute atomic E-state index is 9.51. The lowest BCUT2D eigenvalue weighted by atomic mass is 10.1. The average Bonchev–Trinajstić information content (AvgIpc) is 2.47. The summed E-state index contributed by atoms with van der Waals surface area (Å²) in [6.45, 7) is 0. The summed E-state index contributed by atoms with van der Waals surface area (Å²) in [5, 5.41) is 20.5. The molecule has 0 atom stereocenters. The van der Waals surface area contributed by atoms with Crippen LogP contribution < -0.4 is 4.74 Å². The van der Waals surface area contributed by atoms with Gasteiger partial charge in [-0.15, -0.1) is 0 Å². The average molecular weight is 261 g/mol. The number of ether oxygens (including phenoxy) is 1. The molecule has 0 aliphatic heterocycles. The molecule has 0 radical (unpaired) electrons. The quantitative estimate of drug-likeness (QED) is 0.751. The van der Waals surface area contributed by atoms with Crippen molar-refractivity contribution in [1.29, 1.82) is 5.26 Å². The van der Waals surface area contributed by atoms with E-state index in [-0.39, 0.29) is 5.75 Å². The van der Waals surface area contributed by atoms with Crippen molar-refractivity contribution >= 4 is 10.8 Å². The van der Waals surface area contributed by atoms with Crippen LogP contribution in [0.15, 0.2) is 60.7 Å². The predicted molar refractivity (Wildman–Crippen MR) is 76.8 cm³/mol. The Morgan fingerprint density at radius 1 is 0.900 bits per heavy atom. The molecule has 20 heavy (non-hydrogen) atoms. The second kappa shape index (κ2) is 4.94. The van der Waals surface area contributed by atoms with Crippen molar-refractivity contribution < 1.29 is 9.84 Å². The van der Waals surface area contributed by atoms with Crippen molar-refractivity contribution in [3.8, 4) is 23.3 Å². The smallest absolute Gasteiger partial charge is 0.145 e. The predicted octanol–water partition coefficient (Wildman–Crippen LogP) is 4.21. The van der Waals surface area contributed by atoms with E-state index in [0.717, 1.165) is 10.8 Å². The first kappa shape index (κ1) is 12.1. The fourth-order valence-electron chi connectivity index (χ4n) is 2.05. The van der Waals surface area contributed by atoms with Crippen LogP contribution in [0.5, 0.6) is 17.2 Å². The molecule has 1 N–H and O–H groups in total. The summed E-state index contributed by atoms with van der Waals surface area (Å²) in [5.41, 5.74) is 0.489. The topological polar surface area (TPSA) is 53.2 Å². The summed E-state index contributed by atoms with van der Waals surface area (Å²) in [4.78, 5) is 0. The van der Waals surface area contributed by atoms with Gasteiger partial charge in [-0.2, -0.15) is 5.26 Å². The molecule has 0 aliphatic carbocycles. The Morgan fingerprint density at radius 2 is 1.70 bits per heavy atom. The van der Waals surface area contributed by atoms with E-state index in [0.29, 0.717) is 17.1 Å². The Bertz CT molecular complexity index is 819. The second-order valence-electron chi connectivity index (χ2n) is 4.40. The molecule has 0 saturated carbocycles. The summed E-state index contributed by atoms with van der Waals surface area (Å²) in [5.74, 6) is 1.37. The molecule has 3 heteroatoms. The third-order valence-electron chi connectivity index (χ3n) is 3.03. The van der Waals surface area contributed by atoms with Crippen LogP contribution in [0.2, 0.25) is 0 Å². The Hall–Kier alpha value is -2.99. The zero-order chi connectivity index (χ0) is 13.9. The molecule has 0 aromatic heterocycles. The molecule has 3 aromatic carbocycles. The highest BCUT2D eigenvalue weighted by molar-refractivity contribution is 5.85. The van der Waals surface area contributed by atoms with Crippen molar-refractivity contribution in [2.75, 3.05) is 0 Å². The molecule has 0 aliphatic rings. The number of hydrogen-bond donors (Lipinski definition) is 1. The number of para-hydroxylation sites is 1. The van der Waals surface area contributed by atoms with Gasteiger partial charge in [0, 0.05) is 0 Å². The minimum Gasteiger partial charge on any atom is -0.508 e. The molecule has 0 amide bonds. The number of rotatable bonds is 2. The first-order chi connectivity index (χ1) is 9.76. The summed E-state index contributed by atoms with van der Waals surface area (Å²) in [6, 6.07) is 19.9. The van der Waals surface area contributed by atoms with Gasteiger partial charge < -0.3 is 9.84 Å². The Balaban J connectivity index is 2.01. The van der Waals surface area contributed by atoms with Gasteiger partial charge in [0.2, 0.25) is 0 Å². The standard InChI is InChI=1S/C17H11NO2/c18-11-13-3-1-2-4-17(13)20-16-8-6-12-5-7-15(19)9-14(12)10-16/h1-10,19H. The number of fused-ring (bicyclic) bond motifs is 1. The third-order valence-corrected chi connectivity index (χ3v) is 3.03.